The summed E-state index contributed by atoms with van der Waals surface area (Å²) in [4.78, 5) is 15.1. The van der Waals surface area contributed by atoms with E-state index < -0.39 is 5.97 Å². The predicted octanol–water partition coefficient (Wildman–Crippen LogP) is 0.486. The molecule has 0 bridgehead atoms. The van der Waals surface area contributed by atoms with Crippen LogP contribution in [0.4, 0.5) is 0 Å². The molecular formula is C10H20N2O2. The number of hydrogen-bond acceptors (Lipinski definition) is 3. The van der Waals surface area contributed by atoms with Gasteiger partial charge in [0.2, 0.25) is 0 Å². The fraction of sp³-hybridized carbons (Fsp3) is 0.900. The minimum atomic E-state index is -0.704. The normalized spacial score (nSPS) is 31.4. The topological polar surface area (TPSA) is 43.8 Å². The Kier molecular flexibility index (Phi) is 3.89. The summed E-state index contributed by atoms with van der Waals surface area (Å²) < 4.78 is 0. The summed E-state index contributed by atoms with van der Waals surface area (Å²) in [6.07, 6.45) is 1.36. The lowest BCUT2D eigenvalue weighted by Crippen LogP contribution is -2.42. The van der Waals surface area contributed by atoms with E-state index >= 15 is 0 Å². The van der Waals surface area contributed by atoms with Crippen molar-refractivity contribution in [1.29, 1.82) is 0 Å². The maximum Gasteiger partial charge on any atom is 0.304 e. The Bertz CT molecular complexity index is 208. The second-order valence-corrected chi connectivity index (χ2v) is 4.32. The van der Waals surface area contributed by atoms with Gasteiger partial charge in [0.05, 0.1) is 6.42 Å². The molecular weight excluding hydrogens is 180 g/mol. The molecule has 0 aromatic heterocycles. The molecule has 0 saturated carbocycles. The number of carbonyl (C=O) groups is 1. The minimum Gasteiger partial charge on any atom is -0.481 e. The van der Waals surface area contributed by atoms with Crippen LogP contribution in [0.15, 0.2) is 0 Å². The molecule has 0 aromatic rings. The Morgan fingerprint density at radius 3 is 2.71 bits per heavy atom. The lowest BCUT2D eigenvalue weighted by molar-refractivity contribution is -0.138. The lowest BCUT2D eigenvalue weighted by atomic mass is 10.1. The van der Waals surface area contributed by atoms with E-state index in [1.54, 1.807) is 0 Å². The third-order valence-corrected chi connectivity index (χ3v) is 3.13. The third kappa shape index (κ3) is 2.96. The zero-order chi connectivity index (χ0) is 10.7. The van der Waals surface area contributed by atoms with Crippen LogP contribution in [0, 0.1) is 0 Å². The highest BCUT2D eigenvalue weighted by atomic mass is 16.4. The zero-order valence-corrected chi connectivity index (χ0v) is 9.23. The summed E-state index contributed by atoms with van der Waals surface area (Å²) in [5, 5.41) is 8.80. The van der Waals surface area contributed by atoms with Crippen molar-refractivity contribution < 1.29 is 9.90 Å². The second-order valence-electron chi connectivity index (χ2n) is 4.32. The molecule has 4 nitrogen and oxygen atoms in total. The molecule has 2 atom stereocenters. The molecule has 14 heavy (non-hydrogen) atoms. The Balaban J connectivity index is 2.63. The Morgan fingerprint density at radius 1 is 1.50 bits per heavy atom. The first-order valence-electron chi connectivity index (χ1n) is 5.13. The molecule has 2 unspecified atom stereocenters. The molecule has 0 spiro atoms. The van der Waals surface area contributed by atoms with Gasteiger partial charge >= 0.3 is 5.97 Å². The number of hydrogen-bond donors (Lipinski definition) is 1. The van der Waals surface area contributed by atoms with Crippen LogP contribution in [0.1, 0.15) is 19.8 Å². The van der Waals surface area contributed by atoms with Crippen molar-refractivity contribution in [3.8, 4) is 0 Å². The number of nitrogens with zero attached hydrogens (tertiary/aromatic N) is 2. The second kappa shape index (κ2) is 4.75. The van der Waals surface area contributed by atoms with Crippen LogP contribution in [0.25, 0.3) is 0 Å². The van der Waals surface area contributed by atoms with Gasteiger partial charge in [-0.1, -0.05) is 0 Å². The van der Waals surface area contributed by atoms with E-state index in [0.717, 1.165) is 19.5 Å². The number of carboxylic acid groups (broad SMARTS) is 1. The quantitative estimate of drug-likeness (QED) is 0.704. The molecule has 4 heteroatoms. The van der Waals surface area contributed by atoms with Crippen molar-refractivity contribution in [3.63, 3.8) is 0 Å². The molecule has 1 aliphatic rings. The maximum absolute atomic E-state index is 10.7. The highest BCUT2D eigenvalue weighted by Crippen LogP contribution is 2.15. The first-order valence-corrected chi connectivity index (χ1v) is 5.13. The van der Waals surface area contributed by atoms with Crippen molar-refractivity contribution in [2.45, 2.75) is 31.8 Å². The standard InChI is InChI=1S/C10H20N2O2/c1-8-4-5-11(2)7-9(12(8)3)6-10(13)14/h8-9H,4-7H2,1-3H3,(H,13,14). The maximum atomic E-state index is 10.7. The molecule has 82 valence electrons. The van der Waals surface area contributed by atoms with Gasteiger partial charge in [0.15, 0.2) is 0 Å². The van der Waals surface area contributed by atoms with E-state index in [2.05, 4.69) is 23.8 Å². The van der Waals surface area contributed by atoms with E-state index in [-0.39, 0.29) is 12.5 Å². The summed E-state index contributed by atoms with van der Waals surface area (Å²) in [6, 6.07) is 0.624. The minimum absolute atomic E-state index is 0.148. The first kappa shape index (κ1) is 11.5. The fourth-order valence-corrected chi connectivity index (χ4v) is 1.96. The Morgan fingerprint density at radius 2 is 2.14 bits per heavy atom. The van der Waals surface area contributed by atoms with Crippen LogP contribution in [-0.2, 0) is 4.79 Å². The van der Waals surface area contributed by atoms with Gasteiger partial charge in [0.1, 0.15) is 0 Å². The average Bonchev–Trinajstić information content (AvgIpc) is 2.19. The number of likely N-dealkylation sites (N-methyl/N-ethyl adjacent to an activating group) is 2. The van der Waals surface area contributed by atoms with E-state index in [0.29, 0.717) is 6.04 Å². The van der Waals surface area contributed by atoms with Gasteiger partial charge in [-0.25, -0.2) is 0 Å². The van der Waals surface area contributed by atoms with Gasteiger partial charge in [-0.3, -0.25) is 9.69 Å². The summed E-state index contributed by atoms with van der Waals surface area (Å²) in [5.41, 5.74) is 0. The van der Waals surface area contributed by atoms with Gasteiger partial charge in [-0.15, -0.1) is 0 Å². The molecule has 0 aromatic carbocycles. The SMILES string of the molecule is CC1CCN(C)CC(CC(=O)O)N1C. The van der Waals surface area contributed by atoms with Crippen molar-refractivity contribution >= 4 is 5.97 Å². The molecule has 1 heterocycles. The van der Waals surface area contributed by atoms with Gasteiger partial charge in [0, 0.05) is 18.6 Å². The largest absolute Gasteiger partial charge is 0.481 e. The van der Waals surface area contributed by atoms with E-state index in [1.165, 1.54) is 0 Å². The summed E-state index contributed by atoms with van der Waals surface area (Å²) >= 11 is 0. The van der Waals surface area contributed by atoms with E-state index in [9.17, 15) is 4.79 Å². The fourth-order valence-electron chi connectivity index (χ4n) is 1.96. The van der Waals surface area contributed by atoms with Gasteiger partial charge < -0.3 is 10.0 Å². The van der Waals surface area contributed by atoms with Crippen LogP contribution in [0.5, 0.6) is 0 Å². The predicted molar refractivity (Wildman–Crippen MR) is 55.4 cm³/mol. The smallest absolute Gasteiger partial charge is 0.304 e. The molecule has 1 saturated heterocycles. The summed E-state index contributed by atoms with van der Waals surface area (Å²) in [6.45, 7) is 4.07. The molecule has 1 rings (SSSR count). The number of aliphatic carboxylic acids is 1. The monoisotopic (exact) mass is 200 g/mol. The van der Waals surface area contributed by atoms with Crippen LogP contribution in [0.3, 0.4) is 0 Å². The molecule has 1 N–H and O–H groups in total. The van der Waals surface area contributed by atoms with Gasteiger partial charge in [0.25, 0.3) is 0 Å². The van der Waals surface area contributed by atoms with Crippen LogP contribution in [0.2, 0.25) is 0 Å². The van der Waals surface area contributed by atoms with E-state index in [1.807, 2.05) is 7.05 Å². The molecule has 0 radical (unpaired) electrons. The third-order valence-electron chi connectivity index (χ3n) is 3.13. The van der Waals surface area contributed by atoms with Gasteiger partial charge in [-0.2, -0.15) is 0 Å². The Labute approximate surface area is 85.5 Å². The van der Waals surface area contributed by atoms with Crippen molar-refractivity contribution in [1.82, 2.24) is 9.80 Å². The van der Waals surface area contributed by atoms with Crippen molar-refractivity contribution in [2.75, 3.05) is 27.2 Å². The first-order chi connectivity index (χ1) is 6.50. The molecule has 0 amide bonds. The van der Waals surface area contributed by atoms with Crippen molar-refractivity contribution in [3.05, 3.63) is 0 Å². The molecule has 0 aliphatic carbocycles. The number of carboxylic acids is 1. The summed E-state index contributed by atoms with van der Waals surface area (Å²) in [5.74, 6) is -0.704. The van der Waals surface area contributed by atoms with Crippen LogP contribution in [-0.4, -0.2) is 60.1 Å². The van der Waals surface area contributed by atoms with Crippen LogP contribution < -0.4 is 0 Å². The highest BCUT2D eigenvalue weighted by Gasteiger charge is 2.26. The average molecular weight is 200 g/mol. The highest BCUT2D eigenvalue weighted by molar-refractivity contribution is 5.67. The van der Waals surface area contributed by atoms with E-state index in [4.69, 9.17) is 5.11 Å². The Hall–Kier alpha value is -0.610. The van der Waals surface area contributed by atoms with Gasteiger partial charge in [-0.05, 0) is 34.0 Å². The number of rotatable bonds is 2. The van der Waals surface area contributed by atoms with Crippen molar-refractivity contribution in [2.24, 2.45) is 0 Å². The zero-order valence-electron chi connectivity index (χ0n) is 9.23. The molecule has 1 fully saturated rings. The van der Waals surface area contributed by atoms with Crippen LogP contribution >= 0.6 is 0 Å². The lowest BCUT2D eigenvalue weighted by Gasteiger charge is -2.29. The molecule has 1 aliphatic heterocycles. The summed E-state index contributed by atoms with van der Waals surface area (Å²) in [7, 11) is 4.08.